The number of carbonyl (C=O) groups is 1. The molecule has 4 saturated heterocycles. The van der Waals surface area contributed by atoms with Crippen molar-refractivity contribution >= 4 is 17.1 Å². The second-order valence-corrected chi connectivity index (χ2v) is 9.77. The molecular weight excluding hydrogens is 412 g/mol. The summed E-state index contributed by atoms with van der Waals surface area (Å²) in [7, 11) is 0. The molecular formula is C26H32N6O. The number of fused-ring (bicyclic) bond motifs is 4. The summed E-state index contributed by atoms with van der Waals surface area (Å²) in [5.74, 6) is 0.928. The van der Waals surface area contributed by atoms with Crippen molar-refractivity contribution in [2.75, 3.05) is 45.8 Å². The van der Waals surface area contributed by atoms with Gasteiger partial charge in [0.05, 0.1) is 11.9 Å². The molecule has 7 nitrogen and oxygen atoms in total. The fourth-order valence-corrected chi connectivity index (χ4v) is 5.91. The first-order valence-corrected chi connectivity index (χ1v) is 12.3. The monoisotopic (exact) mass is 444 g/mol. The van der Waals surface area contributed by atoms with Gasteiger partial charge < -0.3 is 14.4 Å². The quantitative estimate of drug-likeness (QED) is 0.605. The first-order valence-electron chi connectivity index (χ1n) is 12.3. The summed E-state index contributed by atoms with van der Waals surface area (Å²) >= 11 is 0. The Labute approximate surface area is 195 Å². The third kappa shape index (κ3) is 4.15. The molecule has 0 spiro atoms. The van der Waals surface area contributed by atoms with Crippen LogP contribution in [0.5, 0.6) is 0 Å². The van der Waals surface area contributed by atoms with Gasteiger partial charge in [-0.1, -0.05) is 30.3 Å². The summed E-state index contributed by atoms with van der Waals surface area (Å²) in [5, 5.41) is 0. The van der Waals surface area contributed by atoms with Crippen LogP contribution < -0.4 is 0 Å². The van der Waals surface area contributed by atoms with Crippen molar-refractivity contribution in [3.05, 3.63) is 60.0 Å². The number of pyridine rings is 1. The van der Waals surface area contributed by atoms with Crippen LogP contribution in [-0.2, 0) is 13.0 Å². The highest BCUT2D eigenvalue weighted by atomic mass is 16.2. The smallest absolute Gasteiger partial charge is 0.255 e. The van der Waals surface area contributed by atoms with E-state index in [1.54, 1.807) is 6.20 Å². The lowest BCUT2D eigenvalue weighted by Crippen LogP contribution is -2.61. The van der Waals surface area contributed by atoms with Gasteiger partial charge in [0.1, 0.15) is 5.52 Å². The molecule has 0 saturated carbocycles. The number of benzene rings is 1. The molecule has 2 aromatic heterocycles. The molecule has 7 heteroatoms. The zero-order valence-corrected chi connectivity index (χ0v) is 19.1. The molecule has 6 heterocycles. The summed E-state index contributed by atoms with van der Waals surface area (Å²) in [5.41, 5.74) is 3.57. The van der Waals surface area contributed by atoms with E-state index in [9.17, 15) is 4.79 Å². The van der Waals surface area contributed by atoms with Gasteiger partial charge in [-0.2, -0.15) is 0 Å². The third-order valence-corrected chi connectivity index (χ3v) is 7.88. The van der Waals surface area contributed by atoms with E-state index < -0.39 is 0 Å². The van der Waals surface area contributed by atoms with Crippen LogP contribution in [0.4, 0.5) is 0 Å². The second-order valence-electron chi connectivity index (χ2n) is 9.77. The minimum absolute atomic E-state index is 0.0804. The maximum atomic E-state index is 13.2. The highest BCUT2D eigenvalue weighted by Gasteiger charge is 2.38. The van der Waals surface area contributed by atoms with Crippen LogP contribution in [-0.4, -0.2) is 87.0 Å². The Morgan fingerprint density at radius 3 is 2.48 bits per heavy atom. The van der Waals surface area contributed by atoms with Crippen molar-refractivity contribution < 1.29 is 4.79 Å². The van der Waals surface area contributed by atoms with E-state index in [2.05, 4.69) is 48.6 Å². The molecule has 172 valence electrons. The standard InChI is InChI=1S/C26H32N6O/c33-26(31-14-12-30(13-15-31)24-18-29-9-7-21(24)8-10-29)22-16-23-25(27-17-22)32(19-28-23)11-6-20-4-2-1-3-5-20/h1-5,16-17,19,21,24H,6-15,18H2. The maximum absolute atomic E-state index is 13.2. The van der Waals surface area contributed by atoms with Crippen LogP contribution in [0.1, 0.15) is 28.8 Å². The molecule has 1 unspecified atom stereocenters. The lowest BCUT2D eigenvalue weighted by Gasteiger charge is -2.51. The molecule has 1 atom stereocenters. The number of piperazine rings is 1. The highest BCUT2D eigenvalue weighted by molar-refractivity contribution is 5.96. The number of rotatable bonds is 5. The second kappa shape index (κ2) is 8.88. The molecule has 1 amide bonds. The van der Waals surface area contributed by atoms with Crippen LogP contribution in [0.25, 0.3) is 11.2 Å². The van der Waals surface area contributed by atoms with Gasteiger partial charge in [-0.3, -0.25) is 9.69 Å². The number of aryl methyl sites for hydroxylation is 2. The number of imidazole rings is 1. The summed E-state index contributed by atoms with van der Waals surface area (Å²) in [6.07, 6.45) is 7.17. The van der Waals surface area contributed by atoms with Crippen LogP contribution >= 0.6 is 0 Å². The lowest BCUT2D eigenvalue weighted by molar-refractivity contribution is -0.0131. The van der Waals surface area contributed by atoms with Gasteiger partial charge >= 0.3 is 0 Å². The van der Waals surface area contributed by atoms with E-state index in [4.69, 9.17) is 0 Å². The van der Waals surface area contributed by atoms with E-state index >= 15 is 0 Å². The Morgan fingerprint density at radius 2 is 1.76 bits per heavy atom. The Morgan fingerprint density at radius 1 is 0.970 bits per heavy atom. The van der Waals surface area contributed by atoms with E-state index in [1.807, 2.05) is 23.4 Å². The fraction of sp³-hybridized carbons (Fsp3) is 0.500. The number of nitrogens with zero attached hydrogens (tertiary/aromatic N) is 6. The minimum atomic E-state index is 0.0804. The molecule has 0 radical (unpaired) electrons. The maximum Gasteiger partial charge on any atom is 0.255 e. The summed E-state index contributed by atoms with van der Waals surface area (Å²) < 4.78 is 2.07. The molecule has 4 fully saturated rings. The number of carbonyl (C=O) groups excluding carboxylic acids is 1. The fourth-order valence-electron chi connectivity index (χ4n) is 5.91. The van der Waals surface area contributed by atoms with E-state index in [0.29, 0.717) is 11.6 Å². The lowest BCUT2D eigenvalue weighted by atomic mass is 9.83. The largest absolute Gasteiger partial charge is 0.336 e. The average Bonchev–Trinajstić information content (AvgIpc) is 3.30. The Balaban J connectivity index is 1.09. The molecule has 0 aliphatic carbocycles. The van der Waals surface area contributed by atoms with Gasteiger partial charge in [0.25, 0.3) is 5.91 Å². The highest BCUT2D eigenvalue weighted by Crippen LogP contribution is 2.31. The molecule has 4 aliphatic heterocycles. The Bertz CT molecular complexity index is 1110. The Kier molecular flexibility index (Phi) is 5.60. The van der Waals surface area contributed by atoms with Crippen molar-refractivity contribution in [1.29, 1.82) is 0 Å². The molecule has 33 heavy (non-hydrogen) atoms. The van der Waals surface area contributed by atoms with E-state index in [0.717, 1.165) is 56.2 Å². The predicted molar refractivity (Wildman–Crippen MR) is 128 cm³/mol. The molecule has 7 rings (SSSR count). The van der Waals surface area contributed by atoms with Crippen LogP contribution in [0.15, 0.2) is 48.9 Å². The van der Waals surface area contributed by atoms with Gasteiger partial charge in [-0.05, 0) is 49.9 Å². The number of amides is 1. The minimum Gasteiger partial charge on any atom is -0.336 e. The number of aromatic nitrogens is 3. The normalized spacial score (nSPS) is 25.6. The van der Waals surface area contributed by atoms with Gasteiger partial charge in [0, 0.05) is 51.5 Å². The van der Waals surface area contributed by atoms with Crippen molar-refractivity contribution in [3.63, 3.8) is 0 Å². The average molecular weight is 445 g/mol. The van der Waals surface area contributed by atoms with Crippen molar-refractivity contribution in [1.82, 2.24) is 29.2 Å². The number of hydrogen-bond donors (Lipinski definition) is 0. The topological polar surface area (TPSA) is 57.5 Å². The van der Waals surface area contributed by atoms with Crippen molar-refractivity contribution in [2.45, 2.75) is 31.8 Å². The summed E-state index contributed by atoms with van der Waals surface area (Å²) in [6.45, 7) is 8.13. The van der Waals surface area contributed by atoms with Gasteiger partial charge in [-0.15, -0.1) is 0 Å². The Hall–Kier alpha value is -2.77. The SMILES string of the molecule is O=C(c1cnc2c(c1)ncn2CCc1ccccc1)N1CCN(C2CN3CCC2CC3)CC1. The zero-order valence-electron chi connectivity index (χ0n) is 19.1. The van der Waals surface area contributed by atoms with Crippen LogP contribution in [0.3, 0.4) is 0 Å². The molecule has 3 aromatic rings. The zero-order chi connectivity index (χ0) is 22.2. The first-order chi connectivity index (χ1) is 16.2. The van der Waals surface area contributed by atoms with Gasteiger partial charge in [0.15, 0.2) is 5.65 Å². The van der Waals surface area contributed by atoms with Gasteiger partial charge in [-0.25, -0.2) is 9.97 Å². The van der Waals surface area contributed by atoms with E-state index in [-0.39, 0.29) is 5.91 Å². The molecule has 1 aromatic carbocycles. The van der Waals surface area contributed by atoms with Crippen molar-refractivity contribution in [3.8, 4) is 0 Å². The molecule has 4 aliphatic rings. The van der Waals surface area contributed by atoms with Crippen molar-refractivity contribution in [2.24, 2.45) is 5.92 Å². The number of piperidine rings is 3. The van der Waals surface area contributed by atoms with Crippen LogP contribution in [0, 0.1) is 5.92 Å². The third-order valence-electron chi connectivity index (χ3n) is 7.88. The van der Waals surface area contributed by atoms with Crippen LogP contribution in [0.2, 0.25) is 0 Å². The molecule has 0 N–H and O–H groups in total. The summed E-state index contributed by atoms with van der Waals surface area (Å²) in [6, 6.07) is 13.0. The summed E-state index contributed by atoms with van der Waals surface area (Å²) in [4.78, 5) is 29.6. The molecule has 2 bridgehead atoms. The predicted octanol–water partition coefficient (Wildman–Crippen LogP) is 2.53. The van der Waals surface area contributed by atoms with Gasteiger partial charge in [0.2, 0.25) is 0 Å². The number of hydrogen-bond acceptors (Lipinski definition) is 5. The first kappa shape index (κ1) is 20.8. The van der Waals surface area contributed by atoms with E-state index in [1.165, 1.54) is 38.0 Å².